The Morgan fingerprint density at radius 1 is 0.675 bits per heavy atom. The van der Waals surface area contributed by atoms with E-state index in [0.29, 0.717) is 25.8 Å². The third-order valence-electron chi connectivity index (χ3n) is 12.5. The number of anilines is 1. The summed E-state index contributed by atoms with van der Waals surface area (Å²) in [5.41, 5.74) is 0.697. The summed E-state index contributed by atoms with van der Waals surface area (Å²) in [5, 5.41) is 10.2. The molecule has 17 nitrogen and oxygen atoms in total. The van der Waals surface area contributed by atoms with Crippen LogP contribution in [0.5, 0.6) is 0 Å². The summed E-state index contributed by atoms with van der Waals surface area (Å²) < 4.78 is 18.5. The van der Waals surface area contributed by atoms with Crippen LogP contribution in [0, 0.1) is 17.8 Å². The van der Waals surface area contributed by atoms with Gasteiger partial charge in [-0.05, 0) is 111 Å². The fraction of sp³-hybridized carbons (Fsp3) is 0.541. The number of carbonyl (C=O) groups excluding carboxylic acids is 9. The topological polar surface area (TPSA) is 225 Å². The molecule has 2 aromatic carbocycles. The molecule has 19 heteroatoms. The molecule has 0 radical (unpaired) electrons. The molecular weight excluding hydrogens is 1150 g/mol. The number of hydrogen-bond donors (Lipinski definition) is 3. The van der Waals surface area contributed by atoms with E-state index in [1.165, 1.54) is 17.5 Å². The Morgan fingerprint density at radius 2 is 1.26 bits per heavy atom. The first-order chi connectivity index (χ1) is 36.9. The summed E-state index contributed by atoms with van der Waals surface area (Å²) >= 11 is 1.74. The van der Waals surface area contributed by atoms with E-state index in [9.17, 15) is 43.2 Å². The second-order valence-electron chi connectivity index (χ2n) is 23.4. The largest absolute Gasteiger partial charge is 1.00 e. The molecule has 0 aliphatic carbocycles. The number of thioether (sulfide) groups is 1. The van der Waals surface area contributed by atoms with E-state index in [1.54, 1.807) is 87.9 Å². The zero-order valence-electron chi connectivity index (χ0n) is 49.0. The molecule has 4 atom stereocenters. The molecule has 80 heavy (non-hydrogen) atoms. The van der Waals surface area contributed by atoms with Gasteiger partial charge in [-0.25, -0.2) is 0 Å². The number of ketones is 3. The molecule has 0 bridgehead atoms. The Balaban J connectivity index is 0.0000168. The fourth-order valence-electron chi connectivity index (χ4n) is 8.90. The minimum Gasteiger partial charge on any atom is -1.00 e. The lowest BCUT2D eigenvalue weighted by atomic mass is 9.88. The predicted octanol–water partition coefficient (Wildman–Crippen LogP) is 5.86. The van der Waals surface area contributed by atoms with Crippen LogP contribution in [0.3, 0.4) is 0 Å². The predicted molar refractivity (Wildman–Crippen MR) is 305 cm³/mol. The van der Waals surface area contributed by atoms with Crippen LogP contribution in [0.4, 0.5) is 5.69 Å². The molecule has 0 fully saturated rings. The van der Waals surface area contributed by atoms with E-state index in [2.05, 4.69) is 81.0 Å². The van der Waals surface area contributed by atoms with Gasteiger partial charge in [0.1, 0.15) is 29.1 Å². The van der Waals surface area contributed by atoms with Crippen molar-refractivity contribution in [3.05, 3.63) is 83.5 Å². The van der Waals surface area contributed by atoms with Gasteiger partial charge in [-0.2, -0.15) is 4.57 Å². The highest BCUT2D eigenvalue weighted by Crippen LogP contribution is 2.44. The maximum absolute atomic E-state index is 14.2. The van der Waals surface area contributed by atoms with Crippen LogP contribution in [-0.2, 0) is 63.9 Å². The van der Waals surface area contributed by atoms with Crippen LogP contribution < -0.4 is 49.4 Å². The Labute approximate surface area is 493 Å². The van der Waals surface area contributed by atoms with Crippen LogP contribution in [0.25, 0.3) is 17.0 Å². The van der Waals surface area contributed by atoms with Gasteiger partial charge in [0.15, 0.2) is 17.8 Å². The number of rotatable bonds is 28. The number of nitrogens with zero attached hydrogens (tertiary/aromatic N) is 2. The zero-order chi connectivity index (χ0) is 58.8. The Kier molecular flexibility index (Phi) is 26.7. The standard InChI is InChI=1S/C61H83N5O12S.HI/c1-39(2)56(64-58(75)42(29-30-53(71)76-59(4,5)6)35-49(69)46(63-40(3)67)38-55(73)78-61(10,11)12)50(70)36-43(37-54(72)77-60(7,8)9)57(74)62-32-19-22-44(68)23-20-33-66-34-31-41(45-24-14-15-25-47(45)66)21-18-28-52-65(13)48-26-16-17-27-51(48)79-52;/h14-18,21,24-28,31,34,39,42-43,46,56H,19-20,22-23,29-30,32-33,35-38H2,1-13H3,(H2-,62,63,64,67,74,75);1H/t42-,43+,46+,56+;/m0./s1. The number of carbonyl (C=O) groups is 9. The minimum atomic E-state index is -1.35. The van der Waals surface area contributed by atoms with Gasteiger partial charge in [-0.3, -0.25) is 43.2 Å². The maximum atomic E-state index is 14.2. The second kappa shape index (κ2) is 31.3. The first-order valence-corrected chi connectivity index (χ1v) is 28.1. The molecule has 0 unspecified atom stereocenters. The first-order valence-electron chi connectivity index (χ1n) is 27.3. The highest BCUT2D eigenvalue weighted by Gasteiger charge is 2.36. The number of nitrogens with one attached hydrogen (secondary N) is 3. The SMILES string of the molecule is CC(=O)N[C@H](CC(=O)OC(C)(C)C)C(=O)C[C@H](CCC(=O)OC(C)(C)C)C(=O)N[C@@H](C(=O)C[C@H](CC(=O)OC(C)(C)C)C(=O)NCCCC(=O)CCC[n+]1ccc(C=CC=C2Sc3ccccc3N2C)c2ccccc21)C(C)C.[I-]. The van der Waals surface area contributed by atoms with Crippen molar-refractivity contribution < 1.29 is 85.9 Å². The number of hydrogen-bond acceptors (Lipinski definition) is 14. The highest BCUT2D eigenvalue weighted by atomic mass is 127. The third-order valence-corrected chi connectivity index (χ3v) is 13.7. The molecule has 1 aliphatic heterocycles. The van der Waals surface area contributed by atoms with Crippen molar-refractivity contribution in [2.45, 2.75) is 188 Å². The fourth-order valence-corrected chi connectivity index (χ4v) is 9.96. The van der Waals surface area contributed by atoms with Gasteiger partial charge in [0.2, 0.25) is 23.2 Å². The van der Waals surface area contributed by atoms with Gasteiger partial charge in [0.05, 0.1) is 46.9 Å². The monoisotopic (exact) mass is 1240 g/mol. The first kappa shape index (κ1) is 68.3. The van der Waals surface area contributed by atoms with Crippen molar-refractivity contribution in [1.29, 1.82) is 0 Å². The molecular formula is C61H84IN5O12S. The van der Waals surface area contributed by atoms with Gasteiger partial charge < -0.3 is 59.0 Å². The number of halogens is 1. The molecule has 1 aromatic heterocycles. The van der Waals surface area contributed by atoms with Gasteiger partial charge in [-0.15, -0.1) is 0 Å². The zero-order valence-corrected chi connectivity index (χ0v) is 51.9. The smallest absolute Gasteiger partial charge is 0.308 e. The molecule has 4 rings (SSSR count). The quantitative estimate of drug-likeness (QED) is 0.0255. The van der Waals surface area contributed by atoms with E-state index in [0.717, 1.165) is 21.5 Å². The van der Waals surface area contributed by atoms with E-state index in [-0.39, 0.29) is 55.6 Å². The number of amides is 3. The minimum absolute atomic E-state index is 0. The molecule has 0 saturated carbocycles. The van der Waals surface area contributed by atoms with Crippen LogP contribution in [0.15, 0.2) is 82.9 Å². The molecule has 438 valence electrons. The van der Waals surface area contributed by atoms with Crippen molar-refractivity contribution in [2.75, 3.05) is 18.5 Å². The van der Waals surface area contributed by atoms with Crippen LogP contribution in [0.1, 0.15) is 153 Å². The third kappa shape index (κ3) is 23.6. The number of esters is 3. The Hall–Kier alpha value is -5.96. The summed E-state index contributed by atoms with van der Waals surface area (Å²) in [6, 6.07) is 16.0. The number of benzene rings is 2. The highest BCUT2D eigenvalue weighted by molar-refractivity contribution is 8.03. The van der Waals surface area contributed by atoms with Crippen molar-refractivity contribution in [2.24, 2.45) is 17.8 Å². The summed E-state index contributed by atoms with van der Waals surface area (Å²) in [6.45, 7) is 20.3. The lowest BCUT2D eigenvalue weighted by molar-refractivity contribution is -0.671. The molecule has 0 spiro atoms. The molecule has 3 aromatic rings. The lowest BCUT2D eigenvalue weighted by Gasteiger charge is -2.27. The second-order valence-corrected chi connectivity index (χ2v) is 24.5. The normalized spacial score (nSPS) is 14.6. The molecule has 0 saturated heterocycles. The van der Waals surface area contributed by atoms with Crippen molar-refractivity contribution in [1.82, 2.24) is 16.0 Å². The van der Waals surface area contributed by atoms with Crippen LogP contribution >= 0.6 is 11.8 Å². The van der Waals surface area contributed by atoms with Gasteiger partial charge in [0, 0.05) is 82.0 Å². The molecule has 2 heterocycles. The average molecular weight is 1240 g/mol. The van der Waals surface area contributed by atoms with E-state index in [4.69, 9.17) is 14.2 Å². The van der Waals surface area contributed by atoms with Crippen molar-refractivity contribution >= 4 is 87.4 Å². The van der Waals surface area contributed by atoms with E-state index < -0.39 is 120 Å². The Bertz CT molecular complexity index is 2760. The van der Waals surface area contributed by atoms with Crippen LogP contribution in [-0.4, -0.2) is 95.5 Å². The van der Waals surface area contributed by atoms with Crippen molar-refractivity contribution in [3.63, 3.8) is 0 Å². The summed E-state index contributed by atoms with van der Waals surface area (Å²) in [5.74, 6) is -8.28. The number of pyridine rings is 1. The summed E-state index contributed by atoms with van der Waals surface area (Å²) in [6.07, 6.45) is 7.36. The summed E-state index contributed by atoms with van der Waals surface area (Å²) in [4.78, 5) is 124. The number of ether oxygens (including phenoxy) is 3. The number of allylic oxidation sites excluding steroid dienone is 2. The molecule has 3 amide bonds. The number of para-hydroxylation sites is 2. The van der Waals surface area contributed by atoms with Gasteiger partial charge in [0.25, 0.3) is 0 Å². The number of Topliss-reactive ketones (excluding diaryl/α,β-unsaturated/α-hetero) is 3. The van der Waals surface area contributed by atoms with Gasteiger partial charge >= 0.3 is 17.9 Å². The number of aryl methyl sites for hydroxylation is 1. The van der Waals surface area contributed by atoms with Crippen molar-refractivity contribution in [3.8, 4) is 0 Å². The summed E-state index contributed by atoms with van der Waals surface area (Å²) in [7, 11) is 2.07. The van der Waals surface area contributed by atoms with Crippen LogP contribution in [0.2, 0.25) is 0 Å². The molecule has 1 aliphatic rings. The Morgan fingerprint density at radius 3 is 1.89 bits per heavy atom. The average Bonchev–Trinajstić information content (AvgIpc) is 3.65. The van der Waals surface area contributed by atoms with E-state index in [1.807, 2.05) is 30.5 Å². The molecule has 3 N–H and O–H groups in total. The maximum Gasteiger partial charge on any atom is 0.308 e. The number of fused-ring (bicyclic) bond motifs is 2. The number of aromatic nitrogens is 1. The van der Waals surface area contributed by atoms with Gasteiger partial charge in [-0.1, -0.05) is 62.0 Å². The lowest BCUT2D eigenvalue weighted by Crippen LogP contribution is -3.00. The van der Waals surface area contributed by atoms with E-state index >= 15 is 0 Å².